The maximum absolute atomic E-state index is 6.78. The van der Waals surface area contributed by atoms with Gasteiger partial charge in [0.05, 0.1) is 13.6 Å². The zero-order valence-electron chi connectivity index (χ0n) is 18.7. The van der Waals surface area contributed by atoms with E-state index in [-0.39, 0.29) is 0 Å². The van der Waals surface area contributed by atoms with Gasteiger partial charge in [-0.3, -0.25) is 0 Å². The van der Waals surface area contributed by atoms with Crippen molar-refractivity contribution in [3.63, 3.8) is 0 Å². The van der Waals surface area contributed by atoms with E-state index < -0.39 is 8.07 Å². The predicted molar refractivity (Wildman–Crippen MR) is 133 cm³/mol. The largest absolute Gasteiger partial charge is 0.450 e. The Balaban J connectivity index is 1.88. The Morgan fingerprint density at radius 2 is 1.52 bits per heavy atom. The SMILES string of the molecule is Cc1ccc2cccc3c2c1-c1c(c([Si](C)(C)C)c2cc4ccccc4cc2[n+]1C)O3. The quantitative estimate of drug-likeness (QED) is 0.166. The summed E-state index contributed by atoms with van der Waals surface area (Å²) in [5.41, 5.74) is 5.09. The number of hydrogen-bond donors (Lipinski definition) is 0. The molecule has 0 fully saturated rings. The normalized spacial score (nSPS) is 12.9. The van der Waals surface area contributed by atoms with Gasteiger partial charge in [0.15, 0.2) is 5.75 Å². The molecule has 1 aromatic heterocycles. The number of ether oxygens (including phenoxy) is 1. The highest BCUT2D eigenvalue weighted by molar-refractivity contribution is 6.91. The highest BCUT2D eigenvalue weighted by Gasteiger charge is 2.38. The molecule has 1 aliphatic rings. The van der Waals surface area contributed by atoms with Gasteiger partial charge < -0.3 is 4.74 Å². The molecule has 0 bridgehead atoms. The summed E-state index contributed by atoms with van der Waals surface area (Å²) in [7, 11) is 0.446. The Bertz CT molecular complexity index is 1560. The van der Waals surface area contributed by atoms with Crippen LogP contribution in [0.15, 0.2) is 66.7 Å². The second-order valence-corrected chi connectivity index (χ2v) is 14.8. The van der Waals surface area contributed by atoms with Crippen LogP contribution in [0.3, 0.4) is 0 Å². The summed E-state index contributed by atoms with van der Waals surface area (Å²) in [5.74, 6) is 2.03. The van der Waals surface area contributed by atoms with Gasteiger partial charge in [0.2, 0.25) is 5.52 Å². The van der Waals surface area contributed by atoms with Crippen LogP contribution in [0.25, 0.3) is 43.7 Å². The van der Waals surface area contributed by atoms with Crippen LogP contribution < -0.4 is 14.5 Å². The molecule has 0 saturated heterocycles. The Labute approximate surface area is 183 Å². The van der Waals surface area contributed by atoms with Crippen molar-refractivity contribution >= 4 is 45.7 Å². The van der Waals surface area contributed by atoms with Crippen molar-refractivity contribution in [3.05, 3.63) is 72.3 Å². The van der Waals surface area contributed by atoms with Crippen LogP contribution >= 0.6 is 0 Å². The maximum Gasteiger partial charge on any atom is 0.256 e. The maximum atomic E-state index is 6.78. The molecule has 2 nitrogen and oxygen atoms in total. The zero-order valence-corrected chi connectivity index (χ0v) is 19.7. The van der Waals surface area contributed by atoms with E-state index in [1.807, 2.05) is 0 Å². The van der Waals surface area contributed by atoms with Crippen LogP contribution in [0.2, 0.25) is 19.6 Å². The number of benzene rings is 4. The zero-order chi connectivity index (χ0) is 21.5. The standard InChI is InChI=1S/C28H26NOSi/c1-17-13-14-18-11-8-12-23-25(18)24(17)26-27(30-23)28(31(3,4)5)21-15-19-9-6-7-10-20(19)16-22(21)29(26)2/h6-16H,1-5H3/q+1. The second kappa shape index (κ2) is 6.18. The van der Waals surface area contributed by atoms with Gasteiger partial charge in [-0.2, -0.15) is 4.57 Å². The van der Waals surface area contributed by atoms with E-state index in [1.54, 1.807) is 0 Å². The fourth-order valence-electron chi connectivity index (χ4n) is 5.29. The van der Waals surface area contributed by atoms with E-state index in [2.05, 4.69) is 105 Å². The Kier molecular flexibility index (Phi) is 3.70. The van der Waals surface area contributed by atoms with E-state index >= 15 is 0 Å². The third kappa shape index (κ3) is 2.53. The monoisotopic (exact) mass is 420 g/mol. The molecular formula is C28H26NOSi+. The minimum atomic E-state index is -1.75. The first kappa shape index (κ1) is 18.6. The van der Waals surface area contributed by atoms with Crippen LogP contribution in [0, 0.1) is 6.92 Å². The first-order valence-corrected chi connectivity index (χ1v) is 14.4. The Morgan fingerprint density at radius 3 is 2.26 bits per heavy atom. The second-order valence-electron chi connectivity index (χ2n) is 9.79. The molecule has 4 aromatic carbocycles. The lowest BCUT2D eigenvalue weighted by Gasteiger charge is -2.28. The Hall–Kier alpha value is -3.17. The van der Waals surface area contributed by atoms with Gasteiger partial charge in [0, 0.05) is 22.0 Å². The number of pyridine rings is 1. The number of fused-ring (bicyclic) bond motifs is 4. The lowest BCUT2D eigenvalue weighted by molar-refractivity contribution is -0.633. The van der Waals surface area contributed by atoms with Gasteiger partial charge in [-0.15, -0.1) is 0 Å². The smallest absolute Gasteiger partial charge is 0.256 e. The molecule has 6 rings (SSSR count). The van der Waals surface area contributed by atoms with Crippen molar-refractivity contribution < 1.29 is 9.30 Å². The van der Waals surface area contributed by atoms with Gasteiger partial charge in [-0.25, -0.2) is 0 Å². The molecule has 0 N–H and O–H groups in total. The molecule has 5 aromatic rings. The molecule has 1 aliphatic heterocycles. The number of hydrogen-bond acceptors (Lipinski definition) is 1. The molecule has 2 heterocycles. The Morgan fingerprint density at radius 1 is 0.806 bits per heavy atom. The minimum Gasteiger partial charge on any atom is -0.450 e. The van der Waals surface area contributed by atoms with E-state index in [0.29, 0.717) is 0 Å². The summed E-state index contributed by atoms with van der Waals surface area (Å²) in [6, 6.07) is 24.2. The molecule has 0 amide bonds. The molecule has 0 spiro atoms. The molecular weight excluding hydrogens is 394 g/mol. The fraction of sp³-hybridized carbons (Fsp3) is 0.179. The van der Waals surface area contributed by atoms with Gasteiger partial charge in [-0.05, 0) is 40.8 Å². The summed E-state index contributed by atoms with van der Waals surface area (Å²) in [4.78, 5) is 0. The summed E-state index contributed by atoms with van der Waals surface area (Å²) in [5, 5.41) is 7.75. The topological polar surface area (TPSA) is 13.1 Å². The van der Waals surface area contributed by atoms with Crippen LogP contribution in [0.4, 0.5) is 0 Å². The lowest BCUT2D eigenvalue weighted by atomic mass is 9.93. The fourth-order valence-corrected chi connectivity index (χ4v) is 7.15. The molecule has 3 heteroatoms. The van der Waals surface area contributed by atoms with Crippen molar-refractivity contribution in [1.29, 1.82) is 0 Å². The van der Waals surface area contributed by atoms with E-state index in [4.69, 9.17) is 4.74 Å². The highest BCUT2D eigenvalue weighted by Crippen LogP contribution is 2.47. The molecule has 0 radical (unpaired) electrons. The van der Waals surface area contributed by atoms with Crippen molar-refractivity contribution in [1.82, 2.24) is 0 Å². The summed E-state index contributed by atoms with van der Waals surface area (Å²) in [6.45, 7) is 9.50. The molecule has 31 heavy (non-hydrogen) atoms. The van der Waals surface area contributed by atoms with Gasteiger partial charge in [0.25, 0.3) is 5.69 Å². The first-order chi connectivity index (χ1) is 14.8. The molecule has 0 aliphatic carbocycles. The number of aryl methyl sites for hydroxylation is 2. The van der Waals surface area contributed by atoms with E-state index in [1.165, 1.54) is 54.5 Å². The van der Waals surface area contributed by atoms with Crippen LogP contribution in [-0.2, 0) is 7.05 Å². The van der Waals surface area contributed by atoms with Crippen molar-refractivity contribution in [2.24, 2.45) is 7.05 Å². The summed E-state index contributed by atoms with van der Waals surface area (Å²) >= 11 is 0. The highest BCUT2D eigenvalue weighted by atomic mass is 28.3. The number of rotatable bonds is 1. The van der Waals surface area contributed by atoms with Gasteiger partial charge in [0.1, 0.15) is 12.8 Å². The average molecular weight is 421 g/mol. The third-order valence-corrected chi connectivity index (χ3v) is 8.68. The van der Waals surface area contributed by atoms with Crippen molar-refractivity contribution in [2.75, 3.05) is 0 Å². The van der Waals surface area contributed by atoms with Gasteiger partial charge >= 0.3 is 0 Å². The van der Waals surface area contributed by atoms with E-state index in [9.17, 15) is 0 Å². The van der Waals surface area contributed by atoms with Crippen molar-refractivity contribution in [3.8, 4) is 22.8 Å². The average Bonchev–Trinajstić information content (AvgIpc) is 2.74. The summed E-state index contributed by atoms with van der Waals surface area (Å²) in [6.07, 6.45) is 0. The minimum absolute atomic E-state index is 0.975. The number of nitrogens with zero attached hydrogens (tertiary/aromatic N) is 1. The molecule has 152 valence electrons. The predicted octanol–water partition coefficient (Wildman–Crippen LogP) is 6.60. The van der Waals surface area contributed by atoms with Crippen LogP contribution in [0.5, 0.6) is 11.5 Å². The van der Waals surface area contributed by atoms with E-state index in [0.717, 1.165) is 11.5 Å². The van der Waals surface area contributed by atoms with Crippen LogP contribution in [0.1, 0.15) is 5.56 Å². The summed E-state index contributed by atoms with van der Waals surface area (Å²) < 4.78 is 9.14. The first-order valence-electron chi connectivity index (χ1n) is 10.9. The molecule has 0 unspecified atom stereocenters. The molecule has 0 saturated carbocycles. The van der Waals surface area contributed by atoms with Crippen LogP contribution in [-0.4, -0.2) is 8.07 Å². The lowest BCUT2D eigenvalue weighted by Crippen LogP contribution is -2.45. The van der Waals surface area contributed by atoms with Gasteiger partial charge in [-0.1, -0.05) is 68.2 Å². The third-order valence-electron chi connectivity index (χ3n) is 6.69. The number of aromatic nitrogens is 1. The molecule has 0 atom stereocenters. The van der Waals surface area contributed by atoms with Crippen molar-refractivity contribution in [2.45, 2.75) is 26.6 Å².